The minimum absolute atomic E-state index is 0.432. The van der Waals surface area contributed by atoms with Crippen LogP contribution in [0, 0.1) is 11.3 Å². The number of rotatable bonds is 4. The maximum atomic E-state index is 8.87. The lowest BCUT2D eigenvalue weighted by Crippen LogP contribution is -2.17. The first-order valence-corrected chi connectivity index (χ1v) is 7.57. The molecule has 0 atom stereocenters. The molecule has 1 heterocycles. The second-order valence-electron chi connectivity index (χ2n) is 4.96. The summed E-state index contributed by atoms with van der Waals surface area (Å²) in [5.41, 5.74) is 1.60. The van der Waals surface area contributed by atoms with Crippen molar-refractivity contribution in [2.24, 2.45) is 0 Å². The van der Waals surface area contributed by atoms with Crippen LogP contribution in [0.25, 0.3) is 10.9 Å². The van der Waals surface area contributed by atoms with E-state index in [2.05, 4.69) is 22.6 Å². The Morgan fingerprint density at radius 2 is 2.21 bits per heavy atom. The van der Waals surface area contributed by atoms with Gasteiger partial charge in [-0.2, -0.15) is 17.0 Å². The first-order chi connectivity index (χ1) is 9.24. The molecule has 1 N–H and O–H groups in total. The number of nitrogens with zero attached hydrogens (tertiary/aromatic N) is 2. The van der Waals surface area contributed by atoms with Gasteiger partial charge in [-0.25, -0.2) is 4.98 Å². The van der Waals surface area contributed by atoms with E-state index >= 15 is 0 Å². The highest BCUT2D eigenvalue weighted by Crippen LogP contribution is 2.46. The summed E-state index contributed by atoms with van der Waals surface area (Å²) >= 11 is 1.94. The average Bonchev–Trinajstić information content (AvgIpc) is 3.25. The summed E-state index contributed by atoms with van der Waals surface area (Å²) in [5, 5.41) is 13.3. The van der Waals surface area contributed by atoms with E-state index in [9.17, 15) is 0 Å². The molecular formula is C15H15N3S. The van der Waals surface area contributed by atoms with Crippen molar-refractivity contribution < 1.29 is 0 Å². The van der Waals surface area contributed by atoms with Gasteiger partial charge in [0, 0.05) is 16.7 Å². The third kappa shape index (κ3) is 2.52. The van der Waals surface area contributed by atoms with Gasteiger partial charge in [-0.1, -0.05) is 0 Å². The Balaban J connectivity index is 1.80. The van der Waals surface area contributed by atoms with E-state index in [0.29, 0.717) is 10.3 Å². The lowest BCUT2D eigenvalue weighted by Gasteiger charge is -2.13. The lowest BCUT2D eigenvalue weighted by atomic mass is 10.1. The maximum Gasteiger partial charge on any atom is 0.126 e. The van der Waals surface area contributed by atoms with Crippen molar-refractivity contribution in [2.75, 3.05) is 18.1 Å². The Kier molecular flexibility index (Phi) is 3.08. The molecule has 0 aliphatic heterocycles. The molecule has 96 valence electrons. The Hall–Kier alpha value is -1.73. The SMILES string of the molecule is CSC1(CNc2ccc3cc(C#N)ccc3n2)CC1. The number of fused-ring (bicyclic) bond motifs is 1. The van der Waals surface area contributed by atoms with Crippen molar-refractivity contribution in [3.05, 3.63) is 35.9 Å². The summed E-state index contributed by atoms with van der Waals surface area (Å²) in [6, 6.07) is 11.7. The van der Waals surface area contributed by atoms with Crippen molar-refractivity contribution in [3.8, 4) is 6.07 Å². The van der Waals surface area contributed by atoms with Gasteiger partial charge in [0.25, 0.3) is 0 Å². The molecule has 0 radical (unpaired) electrons. The molecule has 0 bridgehead atoms. The van der Waals surface area contributed by atoms with Crippen molar-refractivity contribution in [1.82, 2.24) is 4.98 Å². The van der Waals surface area contributed by atoms with Crippen LogP contribution in [0.4, 0.5) is 5.82 Å². The molecule has 19 heavy (non-hydrogen) atoms. The van der Waals surface area contributed by atoms with Crippen molar-refractivity contribution in [2.45, 2.75) is 17.6 Å². The Bertz CT molecular complexity index is 656. The summed E-state index contributed by atoms with van der Waals surface area (Å²) in [4.78, 5) is 4.59. The second kappa shape index (κ2) is 4.75. The Morgan fingerprint density at radius 1 is 1.37 bits per heavy atom. The molecule has 1 saturated carbocycles. The van der Waals surface area contributed by atoms with Crippen LogP contribution in [0.15, 0.2) is 30.3 Å². The Labute approximate surface area is 117 Å². The molecule has 1 aromatic heterocycles. The zero-order valence-corrected chi connectivity index (χ0v) is 11.6. The van der Waals surface area contributed by atoms with Crippen LogP contribution in [0.1, 0.15) is 18.4 Å². The molecule has 1 aromatic carbocycles. The maximum absolute atomic E-state index is 8.87. The normalized spacial score (nSPS) is 16.0. The number of nitrogens with one attached hydrogen (secondary N) is 1. The smallest absolute Gasteiger partial charge is 0.126 e. The molecule has 1 aliphatic carbocycles. The molecule has 0 saturated heterocycles. The fourth-order valence-corrected chi connectivity index (χ4v) is 2.86. The zero-order valence-electron chi connectivity index (χ0n) is 10.8. The van der Waals surface area contributed by atoms with Gasteiger partial charge in [-0.3, -0.25) is 0 Å². The summed E-state index contributed by atoms with van der Waals surface area (Å²) in [7, 11) is 0. The van der Waals surface area contributed by atoms with Crippen LogP contribution in [0.3, 0.4) is 0 Å². The lowest BCUT2D eigenvalue weighted by molar-refractivity contribution is 0.942. The van der Waals surface area contributed by atoms with E-state index in [-0.39, 0.29) is 0 Å². The van der Waals surface area contributed by atoms with Gasteiger partial charge in [0.2, 0.25) is 0 Å². The van der Waals surface area contributed by atoms with E-state index < -0.39 is 0 Å². The first kappa shape index (κ1) is 12.3. The average molecular weight is 269 g/mol. The summed E-state index contributed by atoms with van der Waals surface area (Å²) < 4.78 is 0.432. The number of pyridine rings is 1. The number of anilines is 1. The van der Waals surface area contributed by atoms with E-state index in [1.807, 2.05) is 42.1 Å². The van der Waals surface area contributed by atoms with Gasteiger partial charge >= 0.3 is 0 Å². The molecule has 3 nitrogen and oxygen atoms in total. The summed E-state index contributed by atoms with van der Waals surface area (Å²) in [5.74, 6) is 0.914. The molecule has 3 rings (SSSR count). The van der Waals surface area contributed by atoms with Crippen LogP contribution in [-0.2, 0) is 0 Å². The van der Waals surface area contributed by atoms with E-state index in [1.54, 1.807) is 0 Å². The quantitative estimate of drug-likeness (QED) is 0.924. The van der Waals surface area contributed by atoms with Gasteiger partial charge in [0.1, 0.15) is 5.82 Å². The highest BCUT2D eigenvalue weighted by Gasteiger charge is 2.41. The van der Waals surface area contributed by atoms with Crippen LogP contribution < -0.4 is 5.32 Å². The molecular weight excluding hydrogens is 254 g/mol. The third-order valence-electron chi connectivity index (χ3n) is 3.65. The fourth-order valence-electron chi connectivity index (χ4n) is 2.14. The molecule has 0 spiro atoms. The van der Waals surface area contributed by atoms with Gasteiger partial charge in [0.15, 0.2) is 0 Å². The minimum Gasteiger partial charge on any atom is -0.369 e. The number of nitriles is 1. The predicted molar refractivity (Wildman–Crippen MR) is 80.4 cm³/mol. The topological polar surface area (TPSA) is 48.7 Å². The Morgan fingerprint density at radius 3 is 2.89 bits per heavy atom. The van der Waals surface area contributed by atoms with Crippen molar-refractivity contribution in [3.63, 3.8) is 0 Å². The fraction of sp³-hybridized carbons (Fsp3) is 0.333. The third-order valence-corrected chi connectivity index (χ3v) is 5.07. The number of benzene rings is 1. The van der Waals surface area contributed by atoms with Crippen LogP contribution in [0.2, 0.25) is 0 Å². The van der Waals surface area contributed by atoms with E-state index in [4.69, 9.17) is 5.26 Å². The van der Waals surface area contributed by atoms with Crippen molar-refractivity contribution in [1.29, 1.82) is 5.26 Å². The van der Waals surface area contributed by atoms with Gasteiger partial charge < -0.3 is 5.32 Å². The monoisotopic (exact) mass is 269 g/mol. The van der Waals surface area contributed by atoms with Crippen molar-refractivity contribution >= 4 is 28.5 Å². The predicted octanol–water partition coefficient (Wildman–Crippen LogP) is 3.41. The van der Waals surface area contributed by atoms with Crippen LogP contribution in [-0.4, -0.2) is 22.5 Å². The summed E-state index contributed by atoms with van der Waals surface area (Å²) in [6.07, 6.45) is 4.76. The summed E-state index contributed by atoms with van der Waals surface area (Å²) in [6.45, 7) is 0.975. The highest BCUT2D eigenvalue weighted by molar-refractivity contribution is 8.00. The molecule has 4 heteroatoms. The van der Waals surface area contributed by atoms with Gasteiger partial charge in [0.05, 0.1) is 17.1 Å². The zero-order chi connectivity index (χ0) is 13.3. The molecule has 1 aliphatic rings. The number of aromatic nitrogens is 1. The standard InChI is InChI=1S/C15H15N3S/c1-19-15(6-7-15)10-17-14-5-3-12-8-11(9-16)2-4-13(12)18-14/h2-5,8H,6-7,10H2,1H3,(H,17,18). The van der Waals surface area contributed by atoms with E-state index in [1.165, 1.54) is 12.8 Å². The van der Waals surface area contributed by atoms with Gasteiger partial charge in [-0.15, -0.1) is 0 Å². The number of hydrogen-bond acceptors (Lipinski definition) is 4. The van der Waals surface area contributed by atoms with E-state index in [0.717, 1.165) is 23.3 Å². The minimum atomic E-state index is 0.432. The second-order valence-corrected chi connectivity index (χ2v) is 6.23. The number of thioether (sulfide) groups is 1. The molecule has 0 amide bonds. The first-order valence-electron chi connectivity index (χ1n) is 6.35. The van der Waals surface area contributed by atoms with Crippen LogP contribution >= 0.6 is 11.8 Å². The molecule has 2 aromatic rings. The van der Waals surface area contributed by atoms with Crippen LogP contribution in [0.5, 0.6) is 0 Å². The number of hydrogen-bond donors (Lipinski definition) is 1. The molecule has 1 fully saturated rings. The largest absolute Gasteiger partial charge is 0.369 e. The van der Waals surface area contributed by atoms with Gasteiger partial charge in [-0.05, 0) is 49.4 Å². The highest BCUT2D eigenvalue weighted by atomic mass is 32.2. The molecule has 0 unspecified atom stereocenters.